The molecule has 10 rings (SSSR count). The lowest BCUT2D eigenvalue weighted by molar-refractivity contribution is 0.669. The van der Waals surface area contributed by atoms with E-state index >= 15 is 0 Å². The summed E-state index contributed by atoms with van der Waals surface area (Å²) in [7, 11) is 0. The van der Waals surface area contributed by atoms with E-state index in [0.29, 0.717) is 0 Å². The number of furan rings is 1. The number of fused-ring (bicyclic) bond motifs is 6. The lowest BCUT2D eigenvalue weighted by atomic mass is 9.96. The van der Waals surface area contributed by atoms with Crippen LogP contribution in [0.4, 0.5) is 0 Å². The number of rotatable bonds is 5. The highest BCUT2D eigenvalue weighted by Gasteiger charge is 2.18. The van der Waals surface area contributed by atoms with Gasteiger partial charge in [-0.15, -0.1) is 0 Å². The van der Waals surface area contributed by atoms with Crippen LogP contribution in [0.25, 0.3) is 93.9 Å². The first-order valence-corrected chi connectivity index (χ1v) is 17.1. The average molecular weight is 638 g/mol. The Morgan fingerprint density at radius 3 is 1.48 bits per heavy atom. The fourth-order valence-electron chi connectivity index (χ4n) is 7.66. The lowest BCUT2D eigenvalue weighted by Gasteiger charge is -2.15. The Kier molecular flexibility index (Phi) is 6.53. The molecule has 0 amide bonds. The van der Waals surface area contributed by atoms with Crippen LogP contribution in [0.5, 0.6) is 0 Å². The van der Waals surface area contributed by atoms with Crippen LogP contribution in [0, 0.1) is 0 Å². The van der Waals surface area contributed by atoms with E-state index < -0.39 is 0 Å². The van der Waals surface area contributed by atoms with Crippen molar-refractivity contribution in [1.82, 2.24) is 4.57 Å². The maximum Gasteiger partial charge on any atom is 0.136 e. The zero-order chi connectivity index (χ0) is 33.0. The van der Waals surface area contributed by atoms with Gasteiger partial charge in [0.05, 0.1) is 16.7 Å². The van der Waals surface area contributed by atoms with Crippen LogP contribution >= 0.6 is 0 Å². The third kappa shape index (κ3) is 4.57. The molecule has 8 aromatic carbocycles. The molecule has 2 heterocycles. The number of hydrogen-bond acceptors (Lipinski definition) is 1. The van der Waals surface area contributed by atoms with Gasteiger partial charge in [-0.05, 0) is 81.4 Å². The van der Waals surface area contributed by atoms with Gasteiger partial charge in [-0.2, -0.15) is 0 Å². The van der Waals surface area contributed by atoms with E-state index in [1.165, 1.54) is 66.3 Å². The predicted molar refractivity (Wildman–Crippen MR) is 210 cm³/mol. The van der Waals surface area contributed by atoms with E-state index in [2.05, 4.69) is 180 Å². The molecule has 0 aliphatic heterocycles. The summed E-state index contributed by atoms with van der Waals surface area (Å²) in [6.07, 6.45) is 0. The first kappa shape index (κ1) is 28.4. The van der Waals surface area contributed by atoms with Gasteiger partial charge < -0.3 is 8.98 Å². The second kappa shape index (κ2) is 11.5. The Morgan fingerprint density at radius 2 is 0.820 bits per heavy atom. The number of nitrogens with zero attached hydrogens (tertiary/aromatic N) is 1. The lowest BCUT2D eigenvalue weighted by Crippen LogP contribution is -1.97. The van der Waals surface area contributed by atoms with Crippen LogP contribution in [-0.4, -0.2) is 4.57 Å². The molecule has 2 aromatic heterocycles. The fourth-order valence-corrected chi connectivity index (χ4v) is 7.66. The number of benzene rings is 8. The summed E-state index contributed by atoms with van der Waals surface area (Å²) in [6, 6.07) is 67.5. The van der Waals surface area contributed by atoms with Crippen LogP contribution < -0.4 is 0 Å². The van der Waals surface area contributed by atoms with E-state index in [9.17, 15) is 0 Å². The molecule has 0 bridgehead atoms. The summed E-state index contributed by atoms with van der Waals surface area (Å²) < 4.78 is 8.64. The normalized spacial score (nSPS) is 11.6. The van der Waals surface area contributed by atoms with Crippen molar-refractivity contribution in [3.63, 3.8) is 0 Å². The summed E-state index contributed by atoms with van der Waals surface area (Å²) >= 11 is 0. The molecular formula is C48H31NO. The SMILES string of the molecule is c1ccc(-c2ccc3c(c2)c2cc(-c4ccccc4)ccc2n3-c2ccccc2-c2ccc(-c3cccc4oc5ccccc5c34)cc2)cc1. The third-order valence-electron chi connectivity index (χ3n) is 10.0. The standard InChI is InChI=1S/C48H31NO/c1-3-12-32(13-4-1)36-26-28-44-41(30-36)42-31-37(33-14-5-2-6-15-33)27-29-45(42)49(44)43-19-9-7-16-38(43)34-22-24-35(25-23-34)39-18-11-21-47-48(39)40-17-8-10-20-46(40)50-47/h1-31H. The molecule has 0 unspecified atom stereocenters. The molecule has 0 radical (unpaired) electrons. The van der Waals surface area contributed by atoms with Crippen molar-refractivity contribution in [2.24, 2.45) is 0 Å². The van der Waals surface area contributed by atoms with Gasteiger partial charge in [-0.3, -0.25) is 0 Å². The molecule has 10 aromatic rings. The summed E-state index contributed by atoms with van der Waals surface area (Å²) in [6.45, 7) is 0. The molecule has 0 aliphatic rings. The van der Waals surface area contributed by atoms with Gasteiger partial charge in [0.2, 0.25) is 0 Å². The smallest absolute Gasteiger partial charge is 0.136 e. The molecule has 2 heteroatoms. The first-order chi connectivity index (χ1) is 24.8. The minimum atomic E-state index is 0.912. The first-order valence-electron chi connectivity index (χ1n) is 17.1. The zero-order valence-corrected chi connectivity index (χ0v) is 27.3. The Morgan fingerprint density at radius 1 is 0.320 bits per heavy atom. The highest BCUT2D eigenvalue weighted by atomic mass is 16.3. The highest BCUT2D eigenvalue weighted by molar-refractivity contribution is 6.13. The minimum Gasteiger partial charge on any atom is -0.456 e. The fraction of sp³-hybridized carbons (Fsp3) is 0. The molecule has 50 heavy (non-hydrogen) atoms. The van der Waals surface area contributed by atoms with Crippen LogP contribution in [0.1, 0.15) is 0 Å². The molecule has 0 saturated carbocycles. The van der Waals surface area contributed by atoms with Crippen molar-refractivity contribution >= 4 is 43.7 Å². The van der Waals surface area contributed by atoms with Gasteiger partial charge >= 0.3 is 0 Å². The van der Waals surface area contributed by atoms with Gasteiger partial charge in [0.15, 0.2) is 0 Å². The van der Waals surface area contributed by atoms with Crippen LogP contribution in [0.2, 0.25) is 0 Å². The van der Waals surface area contributed by atoms with Crippen molar-refractivity contribution < 1.29 is 4.42 Å². The van der Waals surface area contributed by atoms with E-state index in [1.807, 2.05) is 12.1 Å². The van der Waals surface area contributed by atoms with Gasteiger partial charge in [0.25, 0.3) is 0 Å². The van der Waals surface area contributed by atoms with Gasteiger partial charge in [-0.1, -0.05) is 146 Å². The topological polar surface area (TPSA) is 18.1 Å². The largest absolute Gasteiger partial charge is 0.456 e. The maximum absolute atomic E-state index is 6.20. The molecule has 0 N–H and O–H groups in total. The second-order valence-corrected chi connectivity index (χ2v) is 12.9. The number of hydrogen-bond donors (Lipinski definition) is 0. The molecular weight excluding hydrogens is 607 g/mol. The Balaban J connectivity index is 1.14. The third-order valence-corrected chi connectivity index (χ3v) is 10.0. The molecule has 234 valence electrons. The van der Waals surface area contributed by atoms with E-state index in [1.54, 1.807) is 0 Å². The molecule has 2 nitrogen and oxygen atoms in total. The molecule has 0 spiro atoms. The van der Waals surface area contributed by atoms with Gasteiger partial charge in [0.1, 0.15) is 11.2 Å². The summed E-state index contributed by atoms with van der Waals surface area (Å²) in [4.78, 5) is 0. The second-order valence-electron chi connectivity index (χ2n) is 12.9. The Hall–Kier alpha value is -6.64. The van der Waals surface area contributed by atoms with Crippen molar-refractivity contribution in [2.45, 2.75) is 0 Å². The van der Waals surface area contributed by atoms with Crippen molar-refractivity contribution in [3.8, 4) is 50.2 Å². The molecule has 0 saturated heterocycles. The van der Waals surface area contributed by atoms with Gasteiger partial charge in [0, 0.05) is 27.1 Å². The van der Waals surface area contributed by atoms with E-state index in [-0.39, 0.29) is 0 Å². The van der Waals surface area contributed by atoms with Crippen molar-refractivity contribution in [3.05, 3.63) is 188 Å². The monoisotopic (exact) mass is 637 g/mol. The zero-order valence-electron chi connectivity index (χ0n) is 27.3. The number of para-hydroxylation sites is 2. The molecule has 0 atom stereocenters. The predicted octanol–water partition coefficient (Wildman–Crippen LogP) is 13.4. The summed E-state index contributed by atoms with van der Waals surface area (Å²) in [5, 5.41) is 4.78. The van der Waals surface area contributed by atoms with Crippen molar-refractivity contribution in [1.29, 1.82) is 0 Å². The highest BCUT2D eigenvalue weighted by Crippen LogP contribution is 2.41. The summed E-state index contributed by atoms with van der Waals surface area (Å²) in [5.41, 5.74) is 14.9. The van der Waals surface area contributed by atoms with Crippen molar-refractivity contribution in [2.75, 3.05) is 0 Å². The quantitative estimate of drug-likeness (QED) is 0.184. The Labute approximate surface area is 290 Å². The van der Waals surface area contributed by atoms with Crippen LogP contribution in [0.3, 0.4) is 0 Å². The van der Waals surface area contributed by atoms with E-state index in [4.69, 9.17) is 4.42 Å². The minimum absolute atomic E-state index is 0.912. The Bertz CT molecular complexity index is 2740. The van der Waals surface area contributed by atoms with Gasteiger partial charge in [-0.25, -0.2) is 0 Å². The van der Waals surface area contributed by atoms with Crippen LogP contribution in [0.15, 0.2) is 192 Å². The van der Waals surface area contributed by atoms with Crippen LogP contribution in [-0.2, 0) is 0 Å². The maximum atomic E-state index is 6.20. The summed E-state index contributed by atoms with van der Waals surface area (Å²) in [5.74, 6) is 0. The molecule has 0 aliphatic carbocycles. The number of aromatic nitrogens is 1. The average Bonchev–Trinajstić information content (AvgIpc) is 3.74. The van der Waals surface area contributed by atoms with E-state index in [0.717, 1.165) is 27.6 Å². The molecule has 0 fully saturated rings.